The van der Waals surface area contributed by atoms with E-state index in [2.05, 4.69) is 24.5 Å². The van der Waals surface area contributed by atoms with E-state index < -0.39 is 0 Å². The molecule has 2 aromatic rings. The van der Waals surface area contributed by atoms with Crippen molar-refractivity contribution in [1.29, 1.82) is 0 Å². The van der Waals surface area contributed by atoms with Crippen LogP contribution in [0.15, 0.2) is 47.1 Å². The Balaban J connectivity index is 1.64. The molecule has 1 heterocycles. The van der Waals surface area contributed by atoms with Gasteiger partial charge in [0.05, 0.1) is 12.9 Å². The molecular formula is C20H26N2O4. The van der Waals surface area contributed by atoms with Gasteiger partial charge in [0, 0.05) is 19.5 Å². The fourth-order valence-electron chi connectivity index (χ4n) is 2.24. The summed E-state index contributed by atoms with van der Waals surface area (Å²) in [6.07, 6.45) is 2.36. The molecule has 0 fully saturated rings. The second-order valence-electron chi connectivity index (χ2n) is 6.47. The van der Waals surface area contributed by atoms with Crippen LogP contribution in [0.4, 0.5) is 0 Å². The van der Waals surface area contributed by atoms with Gasteiger partial charge in [-0.2, -0.15) is 0 Å². The molecule has 0 bridgehead atoms. The molecule has 1 aromatic heterocycles. The molecule has 2 amide bonds. The fourth-order valence-corrected chi connectivity index (χ4v) is 2.24. The molecule has 2 N–H and O–H groups in total. The lowest BCUT2D eigenvalue weighted by atomic mass is 10.2. The van der Waals surface area contributed by atoms with Crippen LogP contribution in [0.25, 0.3) is 0 Å². The predicted octanol–water partition coefficient (Wildman–Crippen LogP) is 3.14. The number of ether oxygens (including phenoxy) is 1. The van der Waals surface area contributed by atoms with Crippen molar-refractivity contribution in [3.8, 4) is 5.75 Å². The highest BCUT2D eigenvalue weighted by molar-refractivity contribution is 5.91. The van der Waals surface area contributed by atoms with Crippen LogP contribution in [0.1, 0.15) is 42.8 Å². The summed E-state index contributed by atoms with van der Waals surface area (Å²) in [7, 11) is 0. The summed E-state index contributed by atoms with van der Waals surface area (Å²) in [5.41, 5.74) is 0.991. The predicted molar refractivity (Wildman–Crippen MR) is 98.9 cm³/mol. The molecule has 6 nitrogen and oxygen atoms in total. The molecule has 1 aromatic carbocycles. The first kappa shape index (κ1) is 19.6. The minimum Gasteiger partial charge on any atom is -0.493 e. The Morgan fingerprint density at radius 1 is 1.15 bits per heavy atom. The molecule has 0 unspecified atom stereocenters. The number of hydrogen-bond acceptors (Lipinski definition) is 4. The van der Waals surface area contributed by atoms with E-state index in [1.165, 1.54) is 6.26 Å². The van der Waals surface area contributed by atoms with Crippen molar-refractivity contribution in [3.63, 3.8) is 0 Å². The lowest BCUT2D eigenvalue weighted by Gasteiger charge is -2.10. The Labute approximate surface area is 153 Å². The molecule has 26 heavy (non-hydrogen) atoms. The van der Waals surface area contributed by atoms with Gasteiger partial charge < -0.3 is 19.8 Å². The van der Waals surface area contributed by atoms with Crippen molar-refractivity contribution in [2.24, 2.45) is 5.92 Å². The molecular weight excluding hydrogens is 332 g/mol. The van der Waals surface area contributed by atoms with Crippen molar-refractivity contribution in [2.45, 2.75) is 33.2 Å². The van der Waals surface area contributed by atoms with E-state index in [9.17, 15) is 9.59 Å². The summed E-state index contributed by atoms with van der Waals surface area (Å²) in [6, 6.07) is 11.0. The molecule has 0 aliphatic heterocycles. The van der Waals surface area contributed by atoms with E-state index in [0.717, 1.165) is 11.3 Å². The SMILES string of the molecule is CC(C)COc1cccc(CNC(=O)CCCNC(=O)c2ccco2)c1. The molecule has 6 heteroatoms. The zero-order valence-electron chi connectivity index (χ0n) is 15.3. The highest BCUT2D eigenvalue weighted by atomic mass is 16.5. The van der Waals surface area contributed by atoms with Gasteiger partial charge in [0.1, 0.15) is 5.75 Å². The van der Waals surface area contributed by atoms with E-state index in [1.54, 1.807) is 12.1 Å². The van der Waals surface area contributed by atoms with Gasteiger partial charge in [-0.3, -0.25) is 9.59 Å². The molecule has 2 rings (SSSR count). The Morgan fingerprint density at radius 2 is 2.00 bits per heavy atom. The quantitative estimate of drug-likeness (QED) is 0.640. The summed E-state index contributed by atoms with van der Waals surface area (Å²) < 4.78 is 10.7. The highest BCUT2D eigenvalue weighted by Crippen LogP contribution is 2.14. The van der Waals surface area contributed by atoms with Crippen LogP contribution < -0.4 is 15.4 Å². The Bertz CT molecular complexity index is 696. The maximum Gasteiger partial charge on any atom is 0.286 e. The lowest BCUT2D eigenvalue weighted by Crippen LogP contribution is -2.27. The van der Waals surface area contributed by atoms with Crippen LogP contribution in [0.5, 0.6) is 5.75 Å². The molecule has 0 saturated heterocycles. The number of rotatable bonds is 10. The number of amides is 2. The minimum atomic E-state index is -0.270. The van der Waals surface area contributed by atoms with E-state index >= 15 is 0 Å². The normalized spacial score (nSPS) is 10.6. The summed E-state index contributed by atoms with van der Waals surface area (Å²) in [4.78, 5) is 23.6. The average molecular weight is 358 g/mol. The highest BCUT2D eigenvalue weighted by Gasteiger charge is 2.08. The molecule has 0 aliphatic rings. The number of hydrogen-bond donors (Lipinski definition) is 2. The molecule has 0 saturated carbocycles. The first-order chi connectivity index (χ1) is 12.5. The van der Waals surface area contributed by atoms with Crippen LogP contribution in [0.3, 0.4) is 0 Å². The summed E-state index contributed by atoms with van der Waals surface area (Å²) in [5.74, 6) is 1.23. The van der Waals surface area contributed by atoms with Crippen molar-refractivity contribution >= 4 is 11.8 Å². The number of furan rings is 1. The summed E-state index contributed by atoms with van der Waals surface area (Å²) in [5, 5.41) is 5.60. The Morgan fingerprint density at radius 3 is 2.73 bits per heavy atom. The van der Waals surface area contributed by atoms with Gasteiger partial charge in [0.25, 0.3) is 5.91 Å². The Kier molecular flexibility index (Phi) is 7.74. The van der Waals surface area contributed by atoms with Crippen LogP contribution in [0, 0.1) is 5.92 Å². The minimum absolute atomic E-state index is 0.0502. The zero-order chi connectivity index (χ0) is 18.8. The third kappa shape index (κ3) is 7.01. The maximum atomic E-state index is 11.9. The van der Waals surface area contributed by atoms with Crippen LogP contribution in [-0.2, 0) is 11.3 Å². The van der Waals surface area contributed by atoms with Gasteiger partial charge in [-0.25, -0.2) is 0 Å². The van der Waals surface area contributed by atoms with E-state index in [0.29, 0.717) is 38.5 Å². The topological polar surface area (TPSA) is 80.6 Å². The first-order valence-corrected chi connectivity index (χ1v) is 8.84. The number of benzene rings is 1. The van der Waals surface area contributed by atoms with Crippen LogP contribution >= 0.6 is 0 Å². The van der Waals surface area contributed by atoms with E-state index in [-0.39, 0.29) is 17.6 Å². The van der Waals surface area contributed by atoms with E-state index in [4.69, 9.17) is 9.15 Å². The second-order valence-corrected chi connectivity index (χ2v) is 6.47. The Hall–Kier alpha value is -2.76. The van der Waals surface area contributed by atoms with Crippen LogP contribution in [-0.4, -0.2) is 25.0 Å². The average Bonchev–Trinajstić information content (AvgIpc) is 3.17. The molecule has 0 radical (unpaired) electrons. The smallest absolute Gasteiger partial charge is 0.286 e. The van der Waals surface area contributed by atoms with Crippen LogP contribution in [0.2, 0.25) is 0 Å². The summed E-state index contributed by atoms with van der Waals surface area (Å²) >= 11 is 0. The van der Waals surface area contributed by atoms with Crippen molar-refractivity contribution in [1.82, 2.24) is 10.6 Å². The van der Waals surface area contributed by atoms with Gasteiger partial charge in [-0.15, -0.1) is 0 Å². The second kappa shape index (κ2) is 10.3. The van der Waals surface area contributed by atoms with Crippen molar-refractivity contribution < 1.29 is 18.7 Å². The number of carbonyl (C=O) groups excluding carboxylic acids is 2. The van der Waals surface area contributed by atoms with Gasteiger partial charge in [0.2, 0.25) is 5.91 Å². The fraction of sp³-hybridized carbons (Fsp3) is 0.400. The first-order valence-electron chi connectivity index (χ1n) is 8.84. The summed E-state index contributed by atoms with van der Waals surface area (Å²) in [6.45, 7) is 5.74. The molecule has 0 atom stereocenters. The van der Waals surface area contributed by atoms with Crippen molar-refractivity contribution in [2.75, 3.05) is 13.2 Å². The standard InChI is InChI=1S/C20H26N2O4/c1-15(2)14-26-17-7-3-6-16(12-17)13-22-19(23)9-4-10-21-20(24)18-8-5-11-25-18/h3,5-8,11-12,15H,4,9-10,13-14H2,1-2H3,(H,21,24)(H,22,23). The lowest BCUT2D eigenvalue weighted by molar-refractivity contribution is -0.121. The maximum absolute atomic E-state index is 11.9. The monoisotopic (exact) mass is 358 g/mol. The van der Waals surface area contributed by atoms with E-state index in [1.807, 2.05) is 24.3 Å². The molecule has 0 spiro atoms. The number of nitrogens with one attached hydrogen (secondary N) is 2. The number of carbonyl (C=O) groups is 2. The zero-order valence-corrected chi connectivity index (χ0v) is 15.3. The van der Waals surface area contributed by atoms with Crippen molar-refractivity contribution in [3.05, 3.63) is 54.0 Å². The third-order valence-corrected chi connectivity index (χ3v) is 3.58. The third-order valence-electron chi connectivity index (χ3n) is 3.58. The molecule has 140 valence electrons. The van der Waals surface area contributed by atoms with Gasteiger partial charge >= 0.3 is 0 Å². The van der Waals surface area contributed by atoms with Gasteiger partial charge in [-0.1, -0.05) is 26.0 Å². The van der Waals surface area contributed by atoms with Gasteiger partial charge in [-0.05, 0) is 42.2 Å². The largest absolute Gasteiger partial charge is 0.493 e. The van der Waals surface area contributed by atoms with Gasteiger partial charge in [0.15, 0.2) is 5.76 Å². The molecule has 0 aliphatic carbocycles.